The largest absolute Gasteiger partial charge is 0.309 e. The van der Waals surface area contributed by atoms with E-state index in [-0.39, 0.29) is 0 Å². The quantitative estimate of drug-likeness (QED) is 0.861. The maximum Gasteiger partial charge on any atom is 0.0302 e. The third kappa shape index (κ3) is 2.81. The van der Waals surface area contributed by atoms with Crippen LogP contribution in [-0.4, -0.2) is 6.04 Å². The molecule has 0 saturated heterocycles. The molecule has 0 aromatic carbocycles. The van der Waals surface area contributed by atoms with E-state index in [0.717, 1.165) is 18.5 Å². The van der Waals surface area contributed by atoms with Gasteiger partial charge in [0.2, 0.25) is 0 Å². The lowest BCUT2D eigenvalue weighted by molar-refractivity contribution is 0.451. The molecule has 0 aliphatic heterocycles. The third-order valence-electron chi connectivity index (χ3n) is 2.79. The summed E-state index contributed by atoms with van der Waals surface area (Å²) >= 11 is 5.30. The van der Waals surface area contributed by atoms with E-state index in [1.165, 1.54) is 28.6 Å². The highest BCUT2D eigenvalue weighted by Crippen LogP contribution is 2.34. The van der Waals surface area contributed by atoms with Gasteiger partial charge in [0.25, 0.3) is 0 Å². The van der Waals surface area contributed by atoms with Gasteiger partial charge in [-0.1, -0.05) is 6.92 Å². The predicted molar refractivity (Wildman–Crippen MR) is 65.7 cm³/mol. The molecule has 1 heterocycles. The van der Waals surface area contributed by atoms with Gasteiger partial charge >= 0.3 is 0 Å². The Hall–Kier alpha value is 0.140. The third-order valence-corrected chi connectivity index (χ3v) is 4.49. The molecule has 0 spiro atoms. The number of hydrogen-bond acceptors (Lipinski definition) is 2. The van der Waals surface area contributed by atoms with Crippen LogP contribution >= 0.6 is 27.3 Å². The summed E-state index contributed by atoms with van der Waals surface area (Å²) in [6.07, 6.45) is 4.12. The molecule has 1 aromatic rings. The molecule has 1 fully saturated rings. The molecule has 1 aromatic heterocycles. The second-order valence-electron chi connectivity index (χ2n) is 3.96. The van der Waals surface area contributed by atoms with Crippen molar-refractivity contribution < 1.29 is 0 Å². The van der Waals surface area contributed by atoms with Gasteiger partial charge in [-0.3, -0.25) is 0 Å². The van der Waals surface area contributed by atoms with Crippen molar-refractivity contribution in [2.24, 2.45) is 5.92 Å². The van der Waals surface area contributed by atoms with Crippen LogP contribution in [0.2, 0.25) is 0 Å². The van der Waals surface area contributed by atoms with Crippen LogP contribution in [0.15, 0.2) is 15.9 Å². The number of hydrogen-bond donors (Lipinski definition) is 1. The van der Waals surface area contributed by atoms with Crippen LogP contribution in [0.5, 0.6) is 0 Å². The van der Waals surface area contributed by atoms with E-state index in [0.29, 0.717) is 0 Å². The van der Waals surface area contributed by atoms with Crippen LogP contribution in [0.3, 0.4) is 0 Å². The molecule has 1 aliphatic rings. The molecule has 2 rings (SSSR count). The van der Waals surface area contributed by atoms with Crippen LogP contribution in [0, 0.1) is 5.92 Å². The molecule has 78 valence electrons. The highest BCUT2D eigenvalue weighted by molar-refractivity contribution is 9.10. The zero-order valence-corrected chi connectivity index (χ0v) is 10.8. The van der Waals surface area contributed by atoms with Crippen molar-refractivity contribution in [1.29, 1.82) is 0 Å². The fourth-order valence-electron chi connectivity index (χ4n) is 1.82. The molecule has 14 heavy (non-hydrogen) atoms. The van der Waals surface area contributed by atoms with Crippen molar-refractivity contribution >= 4 is 27.3 Å². The lowest BCUT2D eigenvalue weighted by atomic mass is 10.1. The average molecular weight is 274 g/mol. The Morgan fingerprint density at radius 1 is 1.64 bits per heavy atom. The molecule has 0 amide bonds. The number of rotatable bonds is 5. The molecule has 0 bridgehead atoms. The predicted octanol–water partition coefficient (Wildman–Crippen LogP) is 3.79. The van der Waals surface area contributed by atoms with Crippen molar-refractivity contribution in [3.8, 4) is 0 Å². The first-order valence-electron chi connectivity index (χ1n) is 5.26. The van der Waals surface area contributed by atoms with Gasteiger partial charge in [0, 0.05) is 27.3 Å². The Bertz CT molecular complexity index is 293. The highest BCUT2D eigenvalue weighted by atomic mass is 79.9. The molecule has 1 saturated carbocycles. The average Bonchev–Trinajstić information content (AvgIpc) is 2.92. The van der Waals surface area contributed by atoms with Gasteiger partial charge in [-0.15, -0.1) is 11.3 Å². The summed E-state index contributed by atoms with van der Waals surface area (Å²) in [6, 6.07) is 2.95. The minimum Gasteiger partial charge on any atom is -0.309 e. The van der Waals surface area contributed by atoms with Crippen LogP contribution in [0.4, 0.5) is 0 Å². The Morgan fingerprint density at radius 3 is 2.93 bits per heavy atom. The van der Waals surface area contributed by atoms with Gasteiger partial charge in [-0.2, -0.15) is 0 Å². The fraction of sp³-hybridized carbons (Fsp3) is 0.636. The van der Waals surface area contributed by atoms with Gasteiger partial charge in [0.05, 0.1) is 0 Å². The first-order chi connectivity index (χ1) is 6.79. The van der Waals surface area contributed by atoms with E-state index in [2.05, 4.69) is 39.6 Å². The lowest BCUT2D eigenvalue weighted by Gasteiger charge is -2.14. The number of halogens is 1. The van der Waals surface area contributed by atoms with E-state index >= 15 is 0 Å². The summed E-state index contributed by atoms with van der Waals surface area (Å²) in [5, 5.41) is 5.80. The monoisotopic (exact) mass is 273 g/mol. The Labute approximate surface area is 98.0 Å². The normalized spacial score (nSPS) is 18.4. The summed E-state index contributed by atoms with van der Waals surface area (Å²) in [5.41, 5.74) is 0. The van der Waals surface area contributed by atoms with Crippen LogP contribution in [0.1, 0.15) is 31.1 Å². The molecule has 0 radical (unpaired) electrons. The SMILES string of the molecule is CCC(NCc1cc(Br)cs1)C1CC1. The van der Waals surface area contributed by atoms with E-state index in [4.69, 9.17) is 0 Å². The molecule has 1 N–H and O–H groups in total. The summed E-state index contributed by atoms with van der Waals surface area (Å²) in [5.74, 6) is 0.961. The Kier molecular flexibility index (Phi) is 3.63. The zero-order valence-electron chi connectivity index (χ0n) is 8.42. The van der Waals surface area contributed by atoms with Crippen LogP contribution < -0.4 is 5.32 Å². The molecule has 3 heteroatoms. The van der Waals surface area contributed by atoms with E-state index in [9.17, 15) is 0 Å². The smallest absolute Gasteiger partial charge is 0.0302 e. The van der Waals surface area contributed by atoms with Gasteiger partial charge in [-0.25, -0.2) is 0 Å². The molecule has 1 unspecified atom stereocenters. The van der Waals surface area contributed by atoms with Crippen molar-refractivity contribution in [3.63, 3.8) is 0 Å². The molecular formula is C11H16BrNS. The summed E-state index contributed by atoms with van der Waals surface area (Å²) < 4.78 is 1.21. The first-order valence-corrected chi connectivity index (χ1v) is 6.93. The van der Waals surface area contributed by atoms with Gasteiger partial charge < -0.3 is 5.32 Å². The second kappa shape index (κ2) is 4.77. The topological polar surface area (TPSA) is 12.0 Å². The van der Waals surface area contributed by atoms with Crippen molar-refractivity contribution in [2.45, 2.75) is 38.8 Å². The minimum absolute atomic E-state index is 0.746. The Morgan fingerprint density at radius 2 is 2.43 bits per heavy atom. The minimum atomic E-state index is 0.746. The van der Waals surface area contributed by atoms with E-state index < -0.39 is 0 Å². The maximum atomic E-state index is 3.65. The van der Waals surface area contributed by atoms with E-state index in [1.54, 1.807) is 0 Å². The summed E-state index contributed by atoms with van der Waals surface area (Å²) in [6.45, 7) is 3.31. The summed E-state index contributed by atoms with van der Waals surface area (Å²) in [4.78, 5) is 1.43. The van der Waals surface area contributed by atoms with E-state index in [1.807, 2.05) is 11.3 Å². The number of nitrogens with one attached hydrogen (secondary N) is 1. The molecular weight excluding hydrogens is 258 g/mol. The van der Waals surface area contributed by atoms with Gasteiger partial charge in [0.1, 0.15) is 0 Å². The van der Waals surface area contributed by atoms with Crippen molar-refractivity contribution in [2.75, 3.05) is 0 Å². The highest BCUT2D eigenvalue weighted by Gasteiger charge is 2.29. The standard InChI is InChI=1S/C11H16BrNS/c1-2-11(8-3-4-8)13-6-10-5-9(12)7-14-10/h5,7-8,11,13H,2-4,6H2,1H3. The molecule has 1 atom stereocenters. The molecule has 1 aliphatic carbocycles. The van der Waals surface area contributed by atoms with Gasteiger partial charge in [0.15, 0.2) is 0 Å². The fourth-order valence-corrected chi connectivity index (χ4v) is 3.22. The zero-order chi connectivity index (χ0) is 9.97. The van der Waals surface area contributed by atoms with Crippen LogP contribution in [0.25, 0.3) is 0 Å². The van der Waals surface area contributed by atoms with Crippen molar-refractivity contribution in [1.82, 2.24) is 5.32 Å². The van der Waals surface area contributed by atoms with Crippen LogP contribution in [-0.2, 0) is 6.54 Å². The Balaban J connectivity index is 1.80. The second-order valence-corrected chi connectivity index (χ2v) is 5.88. The maximum absolute atomic E-state index is 3.65. The first kappa shape index (κ1) is 10.7. The summed E-state index contributed by atoms with van der Waals surface area (Å²) in [7, 11) is 0. The number of thiophene rings is 1. The molecule has 1 nitrogen and oxygen atoms in total. The lowest BCUT2D eigenvalue weighted by Crippen LogP contribution is -2.29. The van der Waals surface area contributed by atoms with Gasteiger partial charge in [-0.05, 0) is 47.2 Å². The van der Waals surface area contributed by atoms with Crippen molar-refractivity contribution in [3.05, 3.63) is 20.8 Å².